The number of hydrogen-bond acceptors (Lipinski definition) is 1. The van der Waals surface area contributed by atoms with Gasteiger partial charge in [-0.15, -0.1) is 0 Å². The number of aliphatic hydroxyl groups is 1. The summed E-state index contributed by atoms with van der Waals surface area (Å²) in [7, 11) is 0. The predicted octanol–water partition coefficient (Wildman–Crippen LogP) is 2.85. The molecule has 1 aliphatic carbocycles. The minimum Gasteiger partial charge on any atom is -0.385 e. The van der Waals surface area contributed by atoms with Crippen molar-refractivity contribution < 1.29 is 9.50 Å². The average Bonchev–Trinajstić information content (AvgIpc) is 2.06. The number of halogens is 2. The Kier molecular flexibility index (Phi) is 2.05. The van der Waals surface area contributed by atoms with Crippen molar-refractivity contribution in [3.8, 4) is 0 Å². The van der Waals surface area contributed by atoms with E-state index in [1.54, 1.807) is 12.1 Å². The molecule has 13 heavy (non-hydrogen) atoms. The zero-order chi connectivity index (χ0) is 9.47. The molecule has 3 heteroatoms. The van der Waals surface area contributed by atoms with Gasteiger partial charge in [-0.05, 0) is 25.3 Å². The Balaban J connectivity index is 2.45. The van der Waals surface area contributed by atoms with Crippen molar-refractivity contribution in [3.05, 3.63) is 34.6 Å². The molecule has 1 N–H and O–H groups in total. The summed E-state index contributed by atoms with van der Waals surface area (Å²) in [6.45, 7) is 0. The summed E-state index contributed by atoms with van der Waals surface area (Å²) in [6.07, 6.45) is 2.33. The molecule has 0 bridgehead atoms. The van der Waals surface area contributed by atoms with Gasteiger partial charge < -0.3 is 5.11 Å². The van der Waals surface area contributed by atoms with Crippen LogP contribution in [0.25, 0.3) is 0 Å². The smallest absolute Gasteiger partial charge is 0.142 e. The zero-order valence-corrected chi connectivity index (χ0v) is 7.81. The van der Waals surface area contributed by atoms with Crippen molar-refractivity contribution in [1.29, 1.82) is 0 Å². The highest BCUT2D eigenvalue weighted by Gasteiger charge is 2.38. The standard InChI is InChI=1S/C10H10ClFO/c11-9-7(3-1-4-8(9)12)10(13)5-2-6-10/h1,3-4,13H,2,5-6H2. The van der Waals surface area contributed by atoms with Crippen LogP contribution in [-0.4, -0.2) is 5.11 Å². The summed E-state index contributed by atoms with van der Waals surface area (Å²) in [5.74, 6) is -0.459. The van der Waals surface area contributed by atoms with Crippen LogP contribution < -0.4 is 0 Å². The van der Waals surface area contributed by atoms with E-state index in [9.17, 15) is 9.50 Å². The van der Waals surface area contributed by atoms with Gasteiger partial charge in [0, 0.05) is 5.56 Å². The molecule has 2 rings (SSSR count). The van der Waals surface area contributed by atoms with E-state index in [4.69, 9.17) is 11.6 Å². The van der Waals surface area contributed by atoms with Crippen LogP contribution in [0.2, 0.25) is 5.02 Å². The Morgan fingerprint density at radius 3 is 2.62 bits per heavy atom. The van der Waals surface area contributed by atoms with Gasteiger partial charge in [-0.25, -0.2) is 4.39 Å². The highest BCUT2D eigenvalue weighted by atomic mass is 35.5. The monoisotopic (exact) mass is 200 g/mol. The van der Waals surface area contributed by atoms with Gasteiger partial charge in [-0.2, -0.15) is 0 Å². The van der Waals surface area contributed by atoms with Crippen molar-refractivity contribution in [3.63, 3.8) is 0 Å². The summed E-state index contributed by atoms with van der Waals surface area (Å²) >= 11 is 5.76. The van der Waals surface area contributed by atoms with E-state index in [1.165, 1.54) is 6.07 Å². The lowest BCUT2D eigenvalue weighted by molar-refractivity contribution is -0.0389. The second kappa shape index (κ2) is 2.96. The Bertz CT molecular complexity index is 334. The van der Waals surface area contributed by atoms with E-state index >= 15 is 0 Å². The van der Waals surface area contributed by atoms with Crippen molar-refractivity contribution in [2.45, 2.75) is 24.9 Å². The maximum Gasteiger partial charge on any atom is 0.142 e. The van der Waals surface area contributed by atoms with Gasteiger partial charge in [0.1, 0.15) is 5.82 Å². The lowest BCUT2D eigenvalue weighted by Crippen LogP contribution is -2.34. The normalized spacial score (nSPS) is 19.6. The van der Waals surface area contributed by atoms with Crippen LogP contribution in [0.4, 0.5) is 4.39 Å². The topological polar surface area (TPSA) is 20.2 Å². The fourth-order valence-electron chi connectivity index (χ4n) is 1.64. The van der Waals surface area contributed by atoms with Gasteiger partial charge >= 0.3 is 0 Å². The second-order valence-corrected chi connectivity index (χ2v) is 3.86. The Morgan fingerprint density at radius 2 is 2.08 bits per heavy atom. The third kappa shape index (κ3) is 1.34. The summed E-state index contributed by atoms with van der Waals surface area (Å²) in [5.41, 5.74) is -0.348. The first-order chi connectivity index (χ1) is 6.13. The van der Waals surface area contributed by atoms with E-state index in [2.05, 4.69) is 0 Å². The third-order valence-electron chi connectivity index (χ3n) is 2.63. The van der Waals surface area contributed by atoms with Crippen LogP contribution >= 0.6 is 11.6 Å². The van der Waals surface area contributed by atoms with Crippen molar-refractivity contribution in [1.82, 2.24) is 0 Å². The van der Waals surface area contributed by atoms with Gasteiger partial charge in [0.05, 0.1) is 10.6 Å². The first-order valence-corrected chi connectivity index (χ1v) is 4.68. The van der Waals surface area contributed by atoms with E-state index in [1.807, 2.05) is 0 Å². The quantitative estimate of drug-likeness (QED) is 0.739. The molecule has 1 aromatic carbocycles. The highest BCUT2D eigenvalue weighted by Crippen LogP contribution is 2.44. The molecular weight excluding hydrogens is 191 g/mol. The molecule has 1 aliphatic rings. The van der Waals surface area contributed by atoms with E-state index in [0.29, 0.717) is 18.4 Å². The summed E-state index contributed by atoms with van der Waals surface area (Å²) < 4.78 is 13.0. The third-order valence-corrected chi connectivity index (χ3v) is 3.02. The molecule has 1 aromatic rings. The fraction of sp³-hybridized carbons (Fsp3) is 0.400. The van der Waals surface area contributed by atoms with Gasteiger partial charge in [0.2, 0.25) is 0 Å². The molecule has 0 aliphatic heterocycles. The summed E-state index contributed by atoms with van der Waals surface area (Å²) in [6, 6.07) is 4.56. The maximum absolute atomic E-state index is 13.0. The highest BCUT2D eigenvalue weighted by molar-refractivity contribution is 6.31. The lowest BCUT2D eigenvalue weighted by Gasteiger charge is -2.37. The molecular formula is C10H10ClFO. The number of hydrogen-bond donors (Lipinski definition) is 1. The maximum atomic E-state index is 13.0. The molecule has 0 amide bonds. The Labute approximate surface area is 81.1 Å². The minimum absolute atomic E-state index is 0.0599. The first kappa shape index (κ1) is 8.97. The molecule has 0 aromatic heterocycles. The molecule has 1 saturated carbocycles. The number of benzene rings is 1. The summed E-state index contributed by atoms with van der Waals surface area (Å²) in [4.78, 5) is 0. The van der Waals surface area contributed by atoms with Crippen LogP contribution in [0.1, 0.15) is 24.8 Å². The largest absolute Gasteiger partial charge is 0.385 e. The molecule has 70 valence electrons. The molecule has 0 radical (unpaired) electrons. The van der Waals surface area contributed by atoms with E-state index in [-0.39, 0.29) is 5.02 Å². The second-order valence-electron chi connectivity index (χ2n) is 3.49. The molecule has 0 saturated heterocycles. The SMILES string of the molecule is OC1(c2cccc(F)c2Cl)CCC1. The molecule has 0 unspecified atom stereocenters. The summed E-state index contributed by atoms with van der Waals surface area (Å²) in [5, 5.41) is 10.00. The number of rotatable bonds is 1. The van der Waals surface area contributed by atoms with E-state index in [0.717, 1.165) is 6.42 Å². The minimum atomic E-state index is -0.876. The van der Waals surface area contributed by atoms with Crippen LogP contribution in [-0.2, 0) is 5.60 Å². The molecule has 1 nitrogen and oxygen atoms in total. The van der Waals surface area contributed by atoms with Crippen LogP contribution in [0, 0.1) is 5.82 Å². The van der Waals surface area contributed by atoms with Crippen LogP contribution in [0.15, 0.2) is 18.2 Å². The lowest BCUT2D eigenvalue weighted by atomic mass is 9.75. The van der Waals surface area contributed by atoms with Crippen molar-refractivity contribution in [2.75, 3.05) is 0 Å². The van der Waals surface area contributed by atoms with Crippen molar-refractivity contribution >= 4 is 11.6 Å². The van der Waals surface area contributed by atoms with Crippen LogP contribution in [0.3, 0.4) is 0 Å². The van der Waals surface area contributed by atoms with Crippen LogP contribution in [0.5, 0.6) is 0 Å². The average molecular weight is 201 g/mol. The fourth-order valence-corrected chi connectivity index (χ4v) is 1.95. The predicted molar refractivity (Wildman–Crippen MR) is 49.2 cm³/mol. The van der Waals surface area contributed by atoms with Gasteiger partial charge in [0.15, 0.2) is 0 Å². The first-order valence-electron chi connectivity index (χ1n) is 4.30. The molecule has 0 atom stereocenters. The zero-order valence-electron chi connectivity index (χ0n) is 7.06. The van der Waals surface area contributed by atoms with Crippen molar-refractivity contribution in [2.24, 2.45) is 0 Å². The Morgan fingerprint density at radius 1 is 1.38 bits per heavy atom. The van der Waals surface area contributed by atoms with Gasteiger partial charge in [-0.3, -0.25) is 0 Å². The van der Waals surface area contributed by atoms with Gasteiger partial charge in [0.25, 0.3) is 0 Å². The Hall–Kier alpha value is -0.600. The molecule has 0 heterocycles. The van der Waals surface area contributed by atoms with Gasteiger partial charge in [-0.1, -0.05) is 23.7 Å². The molecule has 0 spiro atoms. The molecule has 1 fully saturated rings. The van der Waals surface area contributed by atoms with E-state index < -0.39 is 11.4 Å².